The van der Waals surface area contributed by atoms with E-state index in [1.54, 1.807) is 0 Å². The second-order valence-electron chi connectivity index (χ2n) is 5.95. The summed E-state index contributed by atoms with van der Waals surface area (Å²) in [7, 11) is 0. The molecule has 2 fully saturated rings. The van der Waals surface area contributed by atoms with Gasteiger partial charge in [-0.1, -0.05) is 0 Å². The van der Waals surface area contributed by atoms with Gasteiger partial charge in [0.1, 0.15) is 11.8 Å². The summed E-state index contributed by atoms with van der Waals surface area (Å²) in [6, 6.07) is -0.171. The van der Waals surface area contributed by atoms with E-state index in [9.17, 15) is 9.18 Å². The molecule has 1 amide bonds. The van der Waals surface area contributed by atoms with Gasteiger partial charge in [-0.05, 0) is 33.6 Å². The Kier molecular flexibility index (Phi) is 3.30. The highest BCUT2D eigenvalue weighted by atomic mass is 19.1. The number of alkyl carbamates (subject to hydrolysis) is 1. The minimum atomic E-state index is -0.844. The lowest BCUT2D eigenvalue weighted by atomic mass is 9.93. The van der Waals surface area contributed by atoms with Crippen molar-refractivity contribution >= 4 is 6.09 Å². The maximum atomic E-state index is 13.8. The van der Waals surface area contributed by atoms with Crippen LogP contribution in [-0.4, -0.2) is 36.5 Å². The topological polar surface area (TPSA) is 50.4 Å². The lowest BCUT2D eigenvalue weighted by Crippen LogP contribution is -2.56. The van der Waals surface area contributed by atoms with Crippen molar-refractivity contribution < 1.29 is 13.9 Å². The molecule has 1 aliphatic carbocycles. The highest BCUT2D eigenvalue weighted by Gasteiger charge is 2.45. The average molecular weight is 244 g/mol. The molecule has 2 aliphatic rings. The lowest BCUT2D eigenvalue weighted by Gasteiger charge is -2.33. The van der Waals surface area contributed by atoms with Crippen LogP contribution in [0, 0.1) is 5.92 Å². The molecule has 2 bridgehead atoms. The normalized spacial score (nSPS) is 36.7. The van der Waals surface area contributed by atoms with Gasteiger partial charge in [0, 0.05) is 18.5 Å². The third-order valence-electron chi connectivity index (χ3n) is 3.42. The molecule has 0 aromatic carbocycles. The Morgan fingerprint density at radius 2 is 2.12 bits per heavy atom. The molecule has 2 N–H and O–H groups in total. The van der Waals surface area contributed by atoms with Crippen molar-refractivity contribution in [1.29, 1.82) is 0 Å². The number of hydrogen-bond donors (Lipinski definition) is 2. The van der Waals surface area contributed by atoms with E-state index in [2.05, 4.69) is 10.6 Å². The van der Waals surface area contributed by atoms with Gasteiger partial charge in [-0.3, -0.25) is 0 Å². The molecular formula is C12H21FN2O2. The van der Waals surface area contributed by atoms with Crippen molar-refractivity contribution in [3.8, 4) is 0 Å². The van der Waals surface area contributed by atoms with E-state index in [-0.39, 0.29) is 18.0 Å². The molecule has 1 saturated carbocycles. The minimum Gasteiger partial charge on any atom is -0.444 e. The summed E-state index contributed by atoms with van der Waals surface area (Å²) in [5.74, 6) is -0.0613. The van der Waals surface area contributed by atoms with Crippen molar-refractivity contribution in [2.75, 3.05) is 6.54 Å². The van der Waals surface area contributed by atoms with Crippen LogP contribution >= 0.6 is 0 Å². The zero-order chi connectivity index (χ0) is 12.6. The summed E-state index contributed by atoms with van der Waals surface area (Å²) in [5, 5.41) is 5.90. The number of amides is 1. The lowest BCUT2D eigenvalue weighted by molar-refractivity contribution is 0.0446. The predicted octanol–water partition coefficient (Wildman–Crippen LogP) is 1.60. The molecule has 1 saturated heterocycles. The fourth-order valence-corrected chi connectivity index (χ4v) is 2.67. The standard InChI is InChI=1S/C12H21FN2O2/c1-12(2,3)17-11(16)15-9-6-14-8-5-4-7(9)10(8)13/h7-10,14H,4-6H2,1-3H3,(H,15,16)/t7-,8-,9-,10-/m0/s1. The first-order chi connectivity index (χ1) is 7.87. The molecule has 2 rings (SSSR count). The maximum Gasteiger partial charge on any atom is 0.407 e. The van der Waals surface area contributed by atoms with E-state index in [1.807, 2.05) is 20.8 Å². The SMILES string of the molecule is CC(C)(C)OC(=O)N[C@H]1CN[C@H]2CC[C@@H]1[C@@H]2F. The van der Waals surface area contributed by atoms with E-state index in [0.29, 0.717) is 6.54 Å². The zero-order valence-electron chi connectivity index (χ0n) is 10.6. The number of nitrogens with one attached hydrogen (secondary N) is 2. The van der Waals surface area contributed by atoms with Gasteiger partial charge in [-0.25, -0.2) is 9.18 Å². The molecule has 17 heavy (non-hydrogen) atoms. The van der Waals surface area contributed by atoms with Crippen LogP contribution in [0.4, 0.5) is 9.18 Å². The van der Waals surface area contributed by atoms with Gasteiger partial charge >= 0.3 is 6.09 Å². The van der Waals surface area contributed by atoms with Gasteiger partial charge in [0.15, 0.2) is 0 Å². The summed E-state index contributed by atoms with van der Waals surface area (Å²) in [6.07, 6.45) is 0.392. The van der Waals surface area contributed by atoms with Crippen LogP contribution in [0.25, 0.3) is 0 Å². The fraction of sp³-hybridized carbons (Fsp3) is 0.917. The molecule has 0 aromatic heterocycles. The highest BCUT2D eigenvalue weighted by molar-refractivity contribution is 5.68. The number of halogens is 1. The largest absolute Gasteiger partial charge is 0.444 e. The molecule has 4 nitrogen and oxygen atoms in total. The van der Waals surface area contributed by atoms with Crippen molar-refractivity contribution in [1.82, 2.24) is 10.6 Å². The van der Waals surface area contributed by atoms with Crippen LogP contribution < -0.4 is 10.6 Å². The Balaban J connectivity index is 1.89. The minimum absolute atomic E-state index is 0.0170. The Morgan fingerprint density at radius 1 is 1.41 bits per heavy atom. The van der Waals surface area contributed by atoms with Crippen molar-refractivity contribution in [2.24, 2.45) is 5.92 Å². The van der Waals surface area contributed by atoms with Crippen molar-refractivity contribution in [2.45, 2.75) is 57.5 Å². The highest BCUT2D eigenvalue weighted by Crippen LogP contribution is 2.34. The smallest absolute Gasteiger partial charge is 0.407 e. The Bertz CT molecular complexity index is 303. The summed E-state index contributed by atoms with van der Waals surface area (Å²) in [6.45, 7) is 6.08. The molecule has 0 unspecified atom stereocenters. The first kappa shape index (κ1) is 12.6. The van der Waals surface area contributed by atoms with Crippen LogP contribution in [0.1, 0.15) is 33.6 Å². The monoisotopic (exact) mass is 244 g/mol. The molecule has 1 heterocycles. The molecule has 0 aromatic rings. The summed E-state index contributed by atoms with van der Waals surface area (Å²) >= 11 is 0. The second kappa shape index (κ2) is 4.44. The van der Waals surface area contributed by atoms with Gasteiger partial charge in [0.25, 0.3) is 0 Å². The van der Waals surface area contributed by atoms with E-state index < -0.39 is 17.9 Å². The molecule has 98 valence electrons. The van der Waals surface area contributed by atoms with Crippen LogP contribution in [0.5, 0.6) is 0 Å². The fourth-order valence-electron chi connectivity index (χ4n) is 2.67. The number of piperidine rings is 1. The summed E-state index contributed by atoms with van der Waals surface area (Å²) in [4.78, 5) is 11.6. The molecule has 0 radical (unpaired) electrons. The van der Waals surface area contributed by atoms with E-state index in [0.717, 1.165) is 12.8 Å². The third kappa shape index (κ3) is 2.89. The first-order valence-electron chi connectivity index (χ1n) is 6.24. The molecule has 1 aliphatic heterocycles. The third-order valence-corrected chi connectivity index (χ3v) is 3.42. The van der Waals surface area contributed by atoms with Crippen LogP contribution in [-0.2, 0) is 4.74 Å². The van der Waals surface area contributed by atoms with Gasteiger partial charge in [0.05, 0.1) is 6.04 Å². The summed E-state index contributed by atoms with van der Waals surface area (Å²) < 4.78 is 19.0. The van der Waals surface area contributed by atoms with Crippen LogP contribution in [0.2, 0.25) is 0 Å². The van der Waals surface area contributed by atoms with Crippen molar-refractivity contribution in [3.05, 3.63) is 0 Å². The average Bonchev–Trinajstić information content (AvgIpc) is 2.41. The number of carbonyl (C=O) groups is 1. The van der Waals surface area contributed by atoms with Gasteiger partial charge in [-0.2, -0.15) is 0 Å². The molecule has 5 heteroatoms. The van der Waals surface area contributed by atoms with Crippen molar-refractivity contribution in [3.63, 3.8) is 0 Å². The Morgan fingerprint density at radius 3 is 2.76 bits per heavy atom. The molecule has 0 spiro atoms. The van der Waals surface area contributed by atoms with Crippen LogP contribution in [0.15, 0.2) is 0 Å². The number of carbonyl (C=O) groups excluding carboxylic acids is 1. The molecular weight excluding hydrogens is 223 g/mol. The number of fused-ring (bicyclic) bond motifs is 2. The van der Waals surface area contributed by atoms with E-state index in [4.69, 9.17) is 4.74 Å². The number of ether oxygens (including phenoxy) is 1. The Labute approximate surface area is 101 Å². The van der Waals surface area contributed by atoms with Gasteiger partial charge < -0.3 is 15.4 Å². The van der Waals surface area contributed by atoms with Gasteiger partial charge in [-0.15, -0.1) is 0 Å². The second-order valence-corrected chi connectivity index (χ2v) is 5.95. The Hall–Kier alpha value is -0.840. The first-order valence-corrected chi connectivity index (χ1v) is 6.24. The number of hydrogen-bond acceptors (Lipinski definition) is 3. The summed E-state index contributed by atoms with van der Waals surface area (Å²) in [5.41, 5.74) is -0.514. The van der Waals surface area contributed by atoms with E-state index >= 15 is 0 Å². The predicted molar refractivity (Wildman–Crippen MR) is 62.6 cm³/mol. The maximum absolute atomic E-state index is 13.8. The molecule has 4 atom stereocenters. The number of rotatable bonds is 1. The van der Waals surface area contributed by atoms with Gasteiger partial charge in [0.2, 0.25) is 0 Å². The quantitative estimate of drug-likeness (QED) is 0.736. The van der Waals surface area contributed by atoms with E-state index in [1.165, 1.54) is 0 Å². The number of alkyl halides is 1. The van der Waals surface area contributed by atoms with Crippen LogP contribution in [0.3, 0.4) is 0 Å². The zero-order valence-corrected chi connectivity index (χ0v) is 10.6.